The molecule has 0 aliphatic heterocycles. The number of nitrogens with two attached hydrogens (primary N) is 1. The Bertz CT molecular complexity index is 848. The Balaban J connectivity index is 2.03. The topological polar surface area (TPSA) is 92.0 Å². The number of aliphatic hydroxyl groups excluding tert-OH is 1. The van der Waals surface area contributed by atoms with Crippen LogP contribution in [0.1, 0.15) is 11.1 Å². The number of aliphatic hydroxyl groups is 1. The normalized spacial score (nSPS) is 11.3. The van der Waals surface area contributed by atoms with E-state index < -0.39 is 5.91 Å². The molecule has 0 aliphatic carbocycles. The molecular formula is C17H15N3O2. The van der Waals surface area contributed by atoms with Crippen LogP contribution in [0.3, 0.4) is 0 Å². The first-order valence-electron chi connectivity index (χ1n) is 6.82. The summed E-state index contributed by atoms with van der Waals surface area (Å²) in [6, 6.07) is 9.66. The van der Waals surface area contributed by atoms with Crippen molar-refractivity contribution in [3.05, 3.63) is 59.9 Å². The van der Waals surface area contributed by atoms with Crippen LogP contribution < -0.4 is 5.73 Å². The van der Waals surface area contributed by atoms with Crippen LogP contribution in [-0.4, -0.2) is 21.0 Å². The highest BCUT2D eigenvalue weighted by atomic mass is 16.3. The lowest BCUT2D eigenvalue weighted by Gasteiger charge is -2.03. The van der Waals surface area contributed by atoms with Gasteiger partial charge >= 0.3 is 0 Å². The summed E-state index contributed by atoms with van der Waals surface area (Å²) in [6.45, 7) is 0.0252. The van der Waals surface area contributed by atoms with Crippen LogP contribution >= 0.6 is 0 Å². The van der Waals surface area contributed by atoms with Gasteiger partial charge in [0, 0.05) is 35.0 Å². The molecule has 0 saturated carbocycles. The molecule has 0 atom stereocenters. The van der Waals surface area contributed by atoms with Crippen LogP contribution in [0.15, 0.2) is 48.8 Å². The highest BCUT2D eigenvalue weighted by Crippen LogP contribution is 2.25. The standard InChI is InChI=1S/C17H15N3O2/c18-16(22)6-5-13-8-19-17-15(13)7-14(9-20-17)12-3-1-11(10-21)2-4-12/h1-9,21H,10H2,(H2,18,22)(H,19,20)/b6-5+. The number of H-pyrrole nitrogens is 1. The molecule has 1 aromatic carbocycles. The first-order chi connectivity index (χ1) is 10.7. The van der Waals surface area contributed by atoms with Crippen molar-refractivity contribution in [3.8, 4) is 11.1 Å². The molecule has 2 aromatic heterocycles. The SMILES string of the molecule is NC(=O)/C=C/c1c[nH]c2ncc(-c3ccc(CO)cc3)cc12. The number of pyridine rings is 1. The number of aromatic nitrogens is 2. The minimum atomic E-state index is -0.488. The fourth-order valence-corrected chi connectivity index (χ4v) is 2.29. The van der Waals surface area contributed by atoms with Gasteiger partial charge in [0.1, 0.15) is 5.65 Å². The number of primary amides is 1. The Hall–Kier alpha value is -2.92. The van der Waals surface area contributed by atoms with Gasteiger partial charge < -0.3 is 15.8 Å². The van der Waals surface area contributed by atoms with Gasteiger partial charge in [0.25, 0.3) is 0 Å². The van der Waals surface area contributed by atoms with Gasteiger partial charge in [-0.3, -0.25) is 4.79 Å². The lowest BCUT2D eigenvalue weighted by atomic mass is 10.0. The van der Waals surface area contributed by atoms with Crippen LogP contribution in [0, 0.1) is 0 Å². The van der Waals surface area contributed by atoms with Crippen molar-refractivity contribution < 1.29 is 9.90 Å². The quantitative estimate of drug-likeness (QED) is 0.644. The van der Waals surface area contributed by atoms with E-state index in [9.17, 15) is 4.79 Å². The van der Waals surface area contributed by atoms with E-state index in [0.29, 0.717) is 0 Å². The van der Waals surface area contributed by atoms with Crippen molar-refractivity contribution >= 4 is 23.0 Å². The van der Waals surface area contributed by atoms with Crippen molar-refractivity contribution in [2.45, 2.75) is 6.61 Å². The largest absolute Gasteiger partial charge is 0.392 e. The van der Waals surface area contributed by atoms with Crippen molar-refractivity contribution in [1.82, 2.24) is 9.97 Å². The summed E-state index contributed by atoms with van der Waals surface area (Å²) in [5.74, 6) is -0.488. The molecule has 4 N–H and O–H groups in total. The number of carbonyl (C=O) groups excluding carboxylic acids is 1. The second-order valence-electron chi connectivity index (χ2n) is 4.95. The fourth-order valence-electron chi connectivity index (χ4n) is 2.29. The van der Waals surface area contributed by atoms with E-state index in [1.54, 1.807) is 18.5 Å². The van der Waals surface area contributed by atoms with Crippen molar-refractivity contribution in [2.24, 2.45) is 5.73 Å². The molecule has 2 heterocycles. The maximum Gasteiger partial charge on any atom is 0.241 e. The third-order valence-electron chi connectivity index (χ3n) is 3.46. The monoisotopic (exact) mass is 293 g/mol. The van der Waals surface area contributed by atoms with E-state index >= 15 is 0 Å². The summed E-state index contributed by atoms with van der Waals surface area (Å²) < 4.78 is 0. The van der Waals surface area contributed by atoms with Gasteiger partial charge in [0.05, 0.1) is 6.61 Å². The number of nitrogens with one attached hydrogen (secondary N) is 1. The predicted molar refractivity (Wildman–Crippen MR) is 85.7 cm³/mol. The Labute approximate surface area is 127 Å². The van der Waals surface area contributed by atoms with E-state index in [2.05, 4.69) is 9.97 Å². The molecule has 0 fully saturated rings. The highest BCUT2D eigenvalue weighted by molar-refractivity contribution is 5.95. The second-order valence-corrected chi connectivity index (χ2v) is 4.95. The van der Waals surface area contributed by atoms with Crippen LogP contribution in [-0.2, 0) is 11.4 Å². The summed E-state index contributed by atoms with van der Waals surface area (Å²) in [7, 11) is 0. The average molecular weight is 293 g/mol. The summed E-state index contributed by atoms with van der Waals surface area (Å²) in [5.41, 5.74) is 9.58. The van der Waals surface area contributed by atoms with E-state index in [1.165, 1.54) is 6.08 Å². The molecule has 110 valence electrons. The van der Waals surface area contributed by atoms with Gasteiger partial charge in [-0.1, -0.05) is 24.3 Å². The van der Waals surface area contributed by atoms with E-state index in [1.807, 2.05) is 30.3 Å². The van der Waals surface area contributed by atoms with Crippen LogP contribution in [0.4, 0.5) is 0 Å². The summed E-state index contributed by atoms with van der Waals surface area (Å²) in [5, 5.41) is 10.0. The molecule has 3 aromatic rings. The maximum atomic E-state index is 10.9. The Morgan fingerprint density at radius 1 is 1.27 bits per heavy atom. The maximum absolute atomic E-state index is 10.9. The molecule has 1 amide bonds. The first-order valence-corrected chi connectivity index (χ1v) is 6.82. The molecule has 0 spiro atoms. The third-order valence-corrected chi connectivity index (χ3v) is 3.46. The lowest BCUT2D eigenvalue weighted by molar-refractivity contribution is -0.113. The number of hydrogen-bond acceptors (Lipinski definition) is 3. The van der Waals surface area contributed by atoms with Gasteiger partial charge in [0.2, 0.25) is 5.91 Å². The van der Waals surface area contributed by atoms with Gasteiger partial charge in [-0.2, -0.15) is 0 Å². The zero-order valence-electron chi connectivity index (χ0n) is 11.8. The zero-order valence-corrected chi connectivity index (χ0v) is 11.8. The number of amides is 1. The Morgan fingerprint density at radius 2 is 2.05 bits per heavy atom. The number of benzene rings is 1. The number of carbonyl (C=O) groups is 1. The molecule has 0 saturated heterocycles. The van der Waals surface area contributed by atoms with E-state index in [4.69, 9.17) is 10.8 Å². The van der Waals surface area contributed by atoms with Crippen LogP contribution in [0.2, 0.25) is 0 Å². The van der Waals surface area contributed by atoms with Gasteiger partial charge in [0.15, 0.2) is 0 Å². The average Bonchev–Trinajstić information content (AvgIpc) is 2.95. The zero-order chi connectivity index (χ0) is 15.5. The van der Waals surface area contributed by atoms with E-state index in [-0.39, 0.29) is 6.61 Å². The minimum absolute atomic E-state index is 0.0252. The molecule has 5 heteroatoms. The molecule has 3 rings (SSSR count). The van der Waals surface area contributed by atoms with Gasteiger partial charge in [-0.05, 0) is 23.3 Å². The van der Waals surface area contributed by atoms with Crippen molar-refractivity contribution in [2.75, 3.05) is 0 Å². The van der Waals surface area contributed by atoms with Gasteiger partial charge in [-0.25, -0.2) is 4.98 Å². The highest BCUT2D eigenvalue weighted by Gasteiger charge is 2.06. The minimum Gasteiger partial charge on any atom is -0.392 e. The Kier molecular flexibility index (Phi) is 3.72. The van der Waals surface area contributed by atoms with E-state index in [0.717, 1.165) is 33.3 Å². The lowest BCUT2D eigenvalue weighted by Crippen LogP contribution is -2.04. The molecule has 0 bridgehead atoms. The number of rotatable bonds is 4. The molecule has 22 heavy (non-hydrogen) atoms. The second kappa shape index (κ2) is 5.83. The third kappa shape index (κ3) is 2.75. The summed E-state index contributed by atoms with van der Waals surface area (Å²) in [6.07, 6.45) is 6.57. The molecule has 0 unspecified atom stereocenters. The summed E-state index contributed by atoms with van der Waals surface area (Å²) >= 11 is 0. The molecule has 0 aliphatic rings. The Morgan fingerprint density at radius 3 is 2.73 bits per heavy atom. The van der Waals surface area contributed by atoms with Gasteiger partial charge in [-0.15, -0.1) is 0 Å². The smallest absolute Gasteiger partial charge is 0.241 e. The number of fused-ring (bicyclic) bond motifs is 1. The number of nitrogens with zero attached hydrogens (tertiary/aromatic N) is 1. The number of hydrogen-bond donors (Lipinski definition) is 3. The van der Waals surface area contributed by atoms with Crippen molar-refractivity contribution in [3.63, 3.8) is 0 Å². The van der Waals surface area contributed by atoms with Crippen molar-refractivity contribution in [1.29, 1.82) is 0 Å². The fraction of sp³-hybridized carbons (Fsp3) is 0.0588. The summed E-state index contributed by atoms with van der Waals surface area (Å²) in [4.78, 5) is 18.3. The first kappa shape index (κ1) is 14.0. The number of aromatic amines is 1. The van der Waals surface area contributed by atoms with Crippen LogP contribution in [0.25, 0.3) is 28.2 Å². The van der Waals surface area contributed by atoms with Crippen LogP contribution in [0.5, 0.6) is 0 Å². The predicted octanol–water partition coefficient (Wildman–Crippen LogP) is 2.22. The molecule has 5 nitrogen and oxygen atoms in total. The molecule has 0 radical (unpaired) electrons. The molecular weight excluding hydrogens is 278 g/mol.